The highest BCUT2D eigenvalue weighted by molar-refractivity contribution is 5.98. The zero-order chi connectivity index (χ0) is 20.8. The number of allylic oxidation sites excluding steroid dienone is 3. The molecule has 1 aromatic rings. The van der Waals surface area contributed by atoms with Crippen molar-refractivity contribution >= 4 is 29.9 Å². The summed E-state index contributed by atoms with van der Waals surface area (Å²) in [6.07, 6.45) is 8.03. The largest absolute Gasteiger partial charge is 0.336 e. The number of amides is 2. The summed E-state index contributed by atoms with van der Waals surface area (Å²) in [4.78, 5) is 28.8. The summed E-state index contributed by atoms with van der Waals surface area (Å²) >= 11 is 0. The van der Waals surface area contributed by atoms with Gasteiger partial charge in [0.25, 0.3) is 5.91 Å². The third kappa shape index (κ3) is 6.71. The van der Waals surface area contributed by atoms with Gasteiger partial charge in [-0.05, 0) is 63.8 Å². The highest BCUT2D eigenvalue weighted by atomic mass is 35.5. The molecule has 0 spiro atoms. The van der Waals surface area contributed by atoms with Crippen molar-refractivity contribution in [2.75, 3.05) is 38.0 Å². The Morgan fingerprint density at radius 1 is 1.07 bits per heavy atom. The van der Waals surface area contributed by atoms with Crippen LogP contribution in [0.25, 0.3) is 0 Å². The van der Waals surface area contributed by atoms with Gasteiger partial charge in [-0.1, -0.05) is 23.3 Å². The lowest BCUT2D eigenvalue weighted by atomic mass is 10.00. The Bertz CT molecular complexity index is 820. The second-order valence-electron chi connectivity index (χ2n) is 8.38. The first kappa shape index (κ1) is 24.2. The molecule has 0 bridgehead atoms. The van der Waals surface area contributed by atoms with Crippen molar-refractivity contribution in [2.45, 2.75) is 46.5 Å². The number of hydrogen-bond donors (Lipinski definition) is 1. The van der Waals surface area contributed by atoms with Crippen molar-refractivity contribution in [2.24, 2.45) is 0 Å². The number of piperazine rings is 1. The molecule has 2 aliphatic heterocycles. The van der Waals surface area contributed by atoms with Gasteiger partial charge in [0.2, 0.25) is 5.91 Å². The number of halogens is 1. The fraction of sp³-hybridized carbons (Fsp3) is 0.500. The number of rotatable bonds is 6. The van der Waals surface area contributed by atoms with Crippen LogP contribution in [0.3, 0.4) is 0 Å². The molecule has 6 heteroatoms. The van der Waals surface area contributed by atoms with Gasteiger partial charge in [0, 0.05) is 50.4 Å². The zero-order valence-electron chi connectivity index (χ0n) is 18.4. The SMILES string of the molecule is CC(C)=CCC/C(C)=C/CN1CCN(C(=O)c2ccc3c(c2)CCC(=O)N3)CC1.Cl. The van der Waals surface area contributed by atoms with Crippen molar-refractivity contribution < 1.29 is 9.59 Å². The standard InChI is InChI=1S/C24H33N3O2.ClH/c1-18(2)5-4-6-19(3)11-12-26-13-15-27(16-14-26)24(29)21-7-9-22-20(17-21)8-10-23(28)25-22;/h5,7,9,11,17H,4,6,8,10,12-16H2,1-3H3,(H,25,28);1H/b19-11+;. The maximum absolute atomic E-state index is 12.9. The van der Waals surface area contributed by atoms with Gasteiger partial charge in [0.15, 0.2) is 0 Å². The molecule has 2 amide bonds. The van der Waals surface area contributed by atoms with E-state index in [0.29, 0.717) is 12.8 Å². The number of anilines is 1. The summed E-state index contributed by atoms with van der Waals surface area (Å²) in [7, 11) is 0. The van der Waals surface area contributed by atoms with Gasteiger partial charge < -0.3 is 10.2 Å². The van der Waals surface area contributed by atoms with Crippen LogP contribution in [0.5, 0.6) is 0 Å². The van der Waals surface area contributed by atoms with E-state index in [-0.39, 0.29) is 24.2 Å². The molecule has 1 aromatic carbocycles. The van der Waals surface area contributed by atoms with E-state index in [2.05, 4.69) is 43.1 Å². The Hall–Kier alpha value is -2.11. The van der Waals surface area contributed by atoms with E-state index in [1.165, 1.54) is 11.1 Å². The van der Waals surface area contributed by atoms with Gasteiger partial charge in [0.05, 0.1) is 0 Å². The van der Waals surface area contributed by atoms with E-state index in [1.54, 1.807) is 0 Å². The van der Waals surface area contributed by atoms with Crippen LogP contribution in [0.2, 0.25) is 0 Å². The van der Waals surface area contributed by atoms with E-state index < -0.39 is 0 Å². The number of carbonyl (C=O) groups excluding carboxylic acids is 2. The van der Waals surface area contributed by atoms with Crippen LogP contribution >= 0.6 is 12.4 Å². The maximum atomic E-state index is 12.9. The number of hydrogen-bond acceptors (Lipinski definition) is 3. The average molecular weight is 432 g/mol. The Balaban J connectivity index is 0.00000320. The lowest BCUT2D eigenvalue weighted by Gasteiger charge is -2.34. The van der Waals surface area contributed by atoms with Crippen molar-refractivity contribution in [3.63, 3.8) is 0 Å². The van der Waals surface area contributed by atoms with Crippen LogP contribution < -0.4 is 5.32 Å². The Kier molecular flexibility index (Phi) is 9.12. The molecule has 2 aliphatic rings. The summed E-state index contributed by atoms with van der Waals surface area (Å²) in [5.41, 5.74) is 5.44. The number of aryl methyl sites for hydroxylation is 1. The highest BCUT2D eigenvalue weighted by Gasteiger charge is 2.23. The zero-order valence-corrected chi connectivity index (χ0v) is 19.2. The Labute approximate surface area is 186 Å². The predicted molar refractivity (Wildman–Crippen MR) is 125 cm³/mol. The van der Waals surface area contributed by atoms with Gasteiger partial charge in [-0.3, -0.25) is 14.5 Å². The van der Waals surface area contributed by atoms with E-state index in [0.717, 1.165) is 62.4 Å². The van der Waals surface area contributed by atoms with Crippen LogP contribution in [0.1, 0.15) is 56.0 Å². The quantitative estimate of drug-likeness (QED) is 0.677. The van der Waals surface area contributed by atoms with Crippen LogP contribution in [0.15, 0.2) is 41.5 Å². The molecule has 164 valence electrons. The fourth-order valence-corrected chi connectivity index (χ4v) is 3.81. The van der Waals surface area contributed by atoms with E-state index in [4.69, 9.17) is 0 Å². The van der Waals surface area contributed by atoms with Crippen LogP contribution in [-0.4, -0.2) is 54.3 Å². The van der Waals surface area contributed by atoms with Gasteiger partial charge in [-0.2, -0.15) is 0 Å². The molecule has 0 atom stereocenters. The Morgan fingerprint density at radius 3 is 2.50 bits per heavy atom. The molecule has 1 N–H and O–H groups in total. The second-order valence-corrected chi connectivity index (χ2v) is 8.38. The molecule has 1 fully saturated rings. The number of carbonyl (C=O) groups is 2. The van der Waals surface area contributed by atoms with Gasteiger partial charge in [-0.15, -0.1) is 12.4 Å². The molecular formula is C24H34ClN3O2. The maximum Gasteiger partial charge on any atom is 0.253 e. The molecule has 5 nitrogen and oxygen atoms in total. The third-order valence-corrected chi connectivity index (χ3v) is 5.70. The lowest BCUT2D eigenvalue weighted by Crippen LogP contribution is -2.48. The normalized spacial score (nSPS) is 17.0. The number of nitrogens with zero attached hydrogens (tertiary/aromatic N) is 2. The summed E-state index contributed by atoms with van der Waals surface area (Å²) in [5, 5.41) is 2.87. The third-order valence-electron chi connectivity index (χ3n) is 5.70. The smallest absolute Gasteiger partial charge is 0.253 e. The molecule has 2 heterocycles. The molecule has 0 unspecified atom stereocenters. The first-order valence-electron chi connectivity index (χ1n) is 10.7. The van der Waals surface area contributed by atoms with E-state index in [9.17, 15) is 9.59 Å². The van der Waals surface area contributed by atoms with Gasteiger partial charge in [0.1, 0.15) is 0 Å². The molecule has 30 heavy (non-hydrogen) atoms. The average Bonchev–Trinajstić information content (AvgIpc) is 2.71. The first-order valence-corrected chi connectivity index (χ1v) is 10.7. The second kappa shape index (κ2) is 11.3. The number of benzene rings is 1. The van der Waals surface area contributed by atoms with Crippen molar-refractivity contribution in [3.8, 4) is 0 Å². The van der Waals surface area contributed by atoms with Crippen molar-refractivity contribution in [1.82, 2.24) is 9.80 Å². The minimum absolute atomic E-state index is 0. The fourth-order valence-electron chi connectivity index (χ4n) is 3.81. The minimum Gasteiger partial charge on any atom is -0.336 e. The van der Waals surface area contributed by atoms with E-state index in [1.807, 2.05) is 23.1 Å². The topological polar surface area (TPSA) is 52.7 Å². The van der Waals surface area contributed by atoms with Crippen LogP contribution in [0.4, 0.5) is 5.69 Å². The van der Waals surface area contributed by atoms with E-state index >= 15 is 0 Å². The molecule has 0 saturated carbocycles. The highest BCUT2D eigenvalue weighted by Crippen LogP contribution is 2.24. The van der Waals surface area contributed by atoms with Gasteiger partial charge >= 0.3 is 0 Å². The Morgan fingerprint density at radius 2 is 1.80 bits per heavy atom. The lowest BCUT2D eigenvalue weighted by molar-refractivity contribution is -0.116. The molecule has 0 aliphatic carbocycles. The number of fused-ring (bicyclic) bond motifs is 1. The monoisotopic (exact) mass is 431 g/mol. The minimum atomic E-state index is 0. The molecule has 0 aromatic heterocycles. The summed E-state index contributed by atoms with van der Waals surface area (Å²) < 4.78 is 0. The molecular weight excluding hydrogens is 398 g/mol. The van der Waals surface area contributed by atoms with Gasteiger partial charge in [-0.25, -0.2) is 0 Å². The molecule has 3 rings (SSSR count). The molecule has 1 saturated heterocycles. The first-order chi connectivity index (χ1) is 13.9. The van der Waals surface area contributed by atoms with Crippen molar-refractivity contribution in [1.29, 1.82) is 0 Å². The summed E-state index contributed by atoms with van der Waals surface area (Å²) in [5.74, 6) is 0.145. The summed E-state index contributed by atoms with van der Waals surface area (Å²) in [6, 6.07) is 5.64. The van der Waals surface area contributed by atoms with Crippen LogP contribution in [-0.2, 0) is 11.2 Å². The summed E-state index contributed by atoms with van der Waals surface area (Å²) in [6.45, 7) is 10.8. The molecule has 0 radical (unpaired) electrons. The predicted octanol–water partition coefficient (Wildman–Crippen LogP) is 4.44. The van der Waals surface area contributed by atoms with Crippen molar-refractivity contribution in [3.05, 3.63) is 52.6 Å². The van der Waals surface area contributed by atoms with Crippen LogP contribution in [0, 0.1) is 0 Å². The number of nitrogens with one attached hydrogen (secondary N) is 1.